The average Bonchev–Trinajstić information content (AvgIpc) is 3.15. The van der Waals surface area contributed by atoms with Gasteiger partial charge in [-0.2, -0.15) is 5.10 Å². The Balaban J connectivity index is 1.84. The third kappa shape index (κ3) is 3.57. The SMILES string of the molecule is CCc1ccccc1-n1c(SCc2cccc(Br)c2)nc2[nH]ncc2c1=O. The van der Waals surface area contributed by atoms with Crippen molar-refractivity contribution in [1.29, 1.82) is 0 Å². The van der Waals surface area contributed by atoms with E-state index in [1.165, 1.54) is 11.8 Å². The van der Waals surface area contributed by atoms with Gasteiger partial charge in [-0.25, -0.2) is 4.98 Å². The molecule has 0 atom stereocenters. The lowest BCUT2D eigenvalue weighted by molar-refractivity contribution is 0.805. The zero-order valence-corrected chi connectivity index (χ0v) is 17.0. The van der Waals surface area contributed by atoms with Gasteiger partial charge in [-0.05, 0) is 35.7 Å². The van der Waals surface area contributed by atoms with Crippen LogP contribution in [-0.2, 0) is 12.2 Å². The summed E-state index contributed by atoms with van der Waals surface area (Å²) in [5, 5.41) is 7.96. The molecule has 136 valence electrons. The lowest BCUT2D eigenvalue weighted by Crippen LogP contribution is -2.22. The maximum absolute atomic E-state index is 13.2. The minimum absolute atomic E-state index is 0.105. The molecule has 5 nitrogen and oxygen atoms in total. The van der Waals surface area contributed by atoms with Crippen LogP contribution in [0.5, 0.6) is 0 Å². The highest BCUT2D eigenvalue weighted by atomic mass is 79.9. The zero-order valence-electron chi connectivity index (χ0n) is 14.6. The molecule has 0 spiro atoms. The van der Waals surface area contributed by atoms with Gasteiger partial charge in [-0.15, -0.1) is 0 Å². The lowest BCUT2D eigenvalue weighted by atomic mass is 10.1. The molecule has 0 fully saturated rings. The summed E-state index contributed by atoms with van der Waals surface area (Å²) in [4.78, 5) is 17.9. The van der Waals surface area contributed by atoms with Crippen LogP contribution in [0.25, 0.3) is 16.7 Å². The normalized spacial score (nSPS) is 11.2. The van der Waals surface area contributed by atoms with Crippen LogP contribution in [0.2, 0.25) is 0 Å². The van der Waals surface area contributed by atoms with Crippen molar-refractivity contribution in [2.45, 2.75) is 24.3 Å². The van der Waals surface area contributed by atoms with E-state index in [1.54, 1.807) is 10.8 Å². The number of para-hydroxylation sites is 1. The van der Waals surface area contributed by atoms with E-state index in [1.807, 2.05) is 36.4 Å². The highest BCUT2D eigenvalue weighted by Gasteiger charge is 2.16. The van der Waals surface area contributed by atoms with Gasteiger partial charge >= 0.3 is 0 Å². The molecular formula is C20H17BrN4OS. The van der Waals surface area contributed by atoms with Crippen molar-refractivity contribution in [3.63, 3.8) is 0 Å². The molecule has 0 saturated carbocycles. The number of nitrogens with one attached hydrogen (secondary N) is 1. The summed E-state index contributed by atoms with van der Waals surface area (Å²) >= 11 is 5.04. The average molecular weight is 441 g/mol. The first kappa shape index (κ1) is 18.0. The molecule has 0 saturated heterocycles. The van der Waals surface area contributed by atoms with E-state index < -0.39 is 0 Å². The first-order chi connectivity index (χ1) is 13.2. The van der Waals surface area contributed by atoms with Crippen molar-refractivity contribution < 1.29 is 0 Å². The largest absolute Gasteiger partial charge is 0.269 e. The molecule has 0 aliphatic carbocycles. The van der Waals surface area contributed by atoms with Crippen LogP contribution >= 0.6 is 27.7 Å². The summed E-state index contributed by atoms with van der Waals surface area (Å²) in [5.74, 6) is 0.708. The minimum Gasteiger partial charge on any atom is -0.268 e. The highest BCUT2D eigenvalue weighted by Crippen LogP contribution is 2.26. The third-order valence-electron chi connectivity index (χ3n) is 4.32. The third-order valence-corrected chi connectivity index (χ3v) is 5.82. The maximum Gasteiger partial charge on any atom is 0.269 e. The molecule has 1 N–H and O–H groups in total. The number of aromatic amines is 1. The number of benzene rings is 2. The Labute approximate surface area is 169 Å². The van der Waals surface area contributed by atoms with E-state index in [4.69, 9.17) is 0 Å². The fourth-order valence-electron chi connectivity index (χ4n) is 2.99. The number of hydrogen-bond donors (Lipinski definition) is 1. The molecular weight excluding hydrogens is 424 g/mol. The molecule has 4 aromatic rings. The Hall–Kier alpha value is -2.38. The van der Waals surface area contributed by atoms with Gasteiger partial charge in [0, 0.05) is 10.2 Å². The number of hydrogen-bond acceptors (Lipinski definition) is 4. The predicted octanol–water partition coefficient (Wildman–Crippen LogP) is 4.73. The topological polar surface area (TPSA) is 63.6 Å². The second kappa shape index (κ2) is 7.70. The van der Waals surface area contributed by atoms with Gasteiger partial charge in [0.15, 0.2) is 10.8 Å². The lowest BCUT2D eigenvalue weighted by Gasteiger charge is -2.15. The van der Waals surface area contributed by atoms with Crippen LogP contribution < -0.4 is 5.56 Å². The first-order valence-corrected chi connectivity index (χ1v) is 10.4. The molecule has 2 heterocycles. The molecule has 7 heteroatoms. The van der Waals surface area contributed by atoms with Crippen LogP contribution in [0.1, 0.15) is 18.1 Å². The molecule has 0 bridgehead atoms. The van der Waals surface area contributed by atoms with Crippen LogP contribution in [0.15, 0.2) is 69.2 Å². The Morgan fingerprint density at radius 1 is 1.19 bits per heavy atom. The Kier molecular flexibility index (Phi) is 5.13. The summed E-state index contributed by atoms with van der Waals surface area (Å²) in [5.41, 5.74) is 3.54. The quantitative estimate of drug-likeness (QED) is 0.360. The van der Waals surface area contributed by atoms with Crippen molar-refractivity contribution in [3.8, 4) is 5.69 Å². The molecule has 0 radical (unpaired) electrons. The van der Waals surface area contributed by atoms with Gasteiger partial charge in [0.1, 0.15) is 5.39 Å². The van der Waals surface area contributed by atoms with E-state index in [-0.39, 0.29) is 5.56 Å². The Morgan fingerprint density at radius 2 is 2.04 bits per heavy atom. The number of rotatable bonds is 5. The molecule has 0 unspecified atom stereocenters. The number of aryl methyl sites for hydroxylation is 1. The van der Waals surface area contributed by atoms with Gasteiger partial charge in [0.05, 0.1) is 11.9 Å². The van der Waals surface area contributed by atoms with E-state index in [2.05, 4.69) is 50.2 Å². The maximum atomic E-state index is 13.2. The van der Waals surface area contributed by atoms with Crippen LogP contribution in [-0.4, -0.2) is 19.7 Å². The van der Waals surface area contributed by atoms with Gasteiger partial charge in [0.2, 0.25) is 0 Å². The smallest absolute Gasteiger partial charge is 0.268 e. The minimum atomic E-state index is -0.105. The number of nitrogens with zero attached hydrogens (tertiary/aromatic N) is 3. The predicted molar refractivity (Wildman–Crippen MR) is 113 cm³/mol. The summed E-state index contributed by atoms with van der Waals surface area (Å²) in [6, 6.07) is 16.1. The van der Waals surface area contributed by atoms with E-state index >= 15 is 0 Å². The number of fused-ring (bicyclic) bond motifs is 1. The van der Waals surface area contributed by atoms with Gasteiger partial charge in [-0.3, -0.25) is 14.5 Å². The molecule has 2 aromatic heterocycles. The number of thioether (sulfide) groups is 1. The van der Waals surface area contributed by atoms with Crippen molar-refractivity contribution >= 4 is 38.7 Å². The number of halogens is 1. The number of H-pyrrole nitrogens is 1. The fraction of sp³-hybridized carbons (Fsp3) is 0.150. The van der Waals surface area contributed by atoms with Crippen LogP contribution in [0.4, 0.5) is 0 Å². The molecule has 0 amide bonds. The van der Waals surface area contributed by atoms with Gasteiger partial charge in [-0.1, -0.05) is 64.9 Å². The van der Waals surface area contributed by atoms with E-state index in [0.717, 1.165) is 27.7 Å². The Morgan fingerprint density at radius 3 is 2.85 bits per heavy atom. The highest BCUT2D eigenvalue weighted by molar-refractivity contribution is 9.10. The molecule has 27 heavy (non-hydrogen) atoms. The summed E-state index contributed by atoms with van der Waals surface area (Å²) in [7, 11) is 0. The first-order valence-electron chi connectivity index (χ1n) is 8.59. The van der Waals surface area contributed by atoms with Crippen LogP contribution in [0.3, 0.4) is 0 Å². The second-order valence-electron chi connectivity index (χ2n) is 6.07. The molecule has 0 aliphatic rings. The van der Waals surface area contributed by atoms with E-state index in [0.29, 0.717) is 21.9 Å². The zero-order chi connectivity index (χ0) is 18.8. The number of aromatic nitrogens is 4. The molecule has 0 aliphatic heterocycles. The summed E-state index contributed by atoms with van der Waals surface area (Å²) in [6.45, 7) is 2.09. The van der Waals surface area contributed by atoms with Gasteiger partial charge < -0.3 is 0 Å². The van der Waals surface area contributed by atoms with Crippen LogP contribution in [0, 0.1) is 0 Å². The molecule has 2 aromatic carbocycles. The summed E-state index contributed by atoms with van der Waals surface area (Å²) < 4.78 is 2.74. The standard InChI is InChI=1S/C20H17BrN4OS/c1-2-14-7-3-4-9-17(14)25-19(26)16-11-22-24-18(16)23-20(25)27-12-13-6-5-8-15(21)10-13/h3-11H,2,12H2,1H3,(H,22,24). The molecule has 4 rings (SSSR count). The van der Waals surface area contributed by atoms with Gasteiger partial charge in [0.25, 0.3) is 5.56 Å². The van der Waals surface area contributed by atoms with Crippen molar-refractivity contribution in [2.24, 2.45) is 0 Å². The van der Waals surface area contributed by atoms with Crippen molar-refractivity contribution in [1.82, 2.24) is 19.7 Å². The van der Waals surface area contributed by atoms with E-state index in [9.17, 15) is 4.79 Å². The second-order valence-corrected chi connectivity index (χ2v) is 7.93. The van der Waals surface area contributed by atoms with Crippen molar-refractivity contribution in [2.75, 3.05) is 0 Å². The fourth-order valence-corrected chi connectivity index (χ4v) is 4.37. The summed E-state index contributed by atoms with van der Waals surface area (Å²) in [6.07, 6.45) is 2.38. The monoisotopic (exact) mass is 440 g/mol. The Bertz CT molecular complexity index is 1170. The van der Waals surface area contributed by atoms with Crippen molar-refractivity contribution in [3.05, 3.63) is 80.7 Å².